The highest BCUT2D eigenvalue weighted by molar-refractivity contribution is 6.05. The average molecular weight is 429 g/mol. The van der Waals surface area contributed by atoms with E-state index in [4.69, 9.17) is 10.7 Å². The summed E-state index contributed by atoms with van der Waals surface area (Å²) in [5.41, 5.74) is 8.38. The van der Waals surface area contributed by atoms with E-state index in [9.17, 15) is 4.79 Å². The fourth-order valence-electron chi connectivity index (χ4n) is 3.95. The van der Waals surface area contributed by atoms with Crippen molar-refractivity contribution in [2.45, 2.75) is 18.9 Å². The lowest BCUT2D eigenvalue weighted by molar-refractivity contribution is 0.102. The van der Waals surface area contributed by atoms with Gasteiger partial charge in [0.25, 0.3) is 5.91 Å². The molecule has 1 amide bonds. The van der Waals surface area contributed by atoms with Crippen LogP contribution in [0.25, 0.3) is 22.0 Å². The number of nitrogens with one attached hydrogen (secondary N) is 1. The second-order valence-electron chi connectivity index (χ2n) is 8.04. The molecule has 1 saturated heterocycles. The predicted molar refractivity (Wildman–Crippen MR) is 123 cm³/mol. The van der Waals surface area contributed by atoms with Gasteiger partial charge in [0.15, 0.2) is 0 Å². The van der Waals surface area contributed by atoms with Crippen molar-refractivity contribution in [1.82, 2.24) is 24.7 Å². The van der Waals surface area contributed by atoms with Gasteiger partial charge in [-0.1, -0.05) is 0 Å². The minimum absolute atomic E-state index is 0.211. The number of aryl methyl sites for hydroxylation is 1. The summed E-state index contributed by atoms with van der Waals surface area (Å²) in [6, 6.07) is 7.45. The Kier molecular flexibility index (Phi) is 5.24. The number of piperidine rings is 1. The van der Waals surface area contributed by atoms with Crippen LogP contribution in [0.4, 0.5) is 11.6 Å². The second kappa shape index (κ2) is 8.35. The number of hydrogen-bond donors (Lipinski definition) is 2. The molecule has 0 radical (unpaired) electrons. The third kappa shape index (κ3) is 4.02. The number of nitrogens with zero attached hydrogens (tertiary/aromatic N) is 6. The Morgan fingerprint density at radius 2 is 1.94 bits per heavy atom. The molecule has 4 aromatic rings. The third-order valence-electron chi connectivity index (χ3n) is 5.72. The summed E-state index contributed by atoms with van der Waals surface area (Å²) in [6.45, 7) is 1.63. The summed E-state index contributed by atoms with van der Waals surface area (Å²) in [4.78, 5) is 28.4. The first-order chi connectivity index (χ1) is 15.6. The van der Waals surface area contributed by atoms with E-state index in [-0.39, 0.29) is 11.9 Å². The zero-order chi connectivity index (χ0) is 22.1. The number of nitrogens with two attached hydrogens (primary N) is 1. The Hall–Kier alpha value is -3.85. The highest BCUT2D eigenvalue weighted by atomic mass is 16.1. The number of amides is 1. The first-order valence-corrected chi connectivity index (χ1v) is 10.6. The van der Waals surface area contributed by atoms with Crippen LogP contribution >= 0.6 is 0 Å². The van der Waals surface area contributed by atoms with Crippen molar-refractivity contribution < 1.29 is 4.79 Å². The quantitative estimate of drug-likeness (QED) is 0.513. The molecule has 1 aliphatic rings. The van der Waals surface area contributed by atoms with Gasteiger partial charge < -0.3 is 16.0 Å². The van der Waals surface area contributed by atoms with Gasteiger partial charge in [-0.15, -0.1) is 0 Å². The molecule has 0 aromatic carbocycles. The SMILES string of the molecule is Cn1cc(-c2cc3cc(NC(=O)c4ccncc4)nc(N4CCC(N)CC4)c3cn2)cn1. The zero-order valence-corrected chi connectivity index (χ0v) is 17.8. The van der Waals surface area contributed by atoms with Crippen molar-refractivity contribution in [2.24, 2.45) is 12.8 Å². The number of carbonyl (C=O) groups excluding carboxylic acids is 1. The van der Waals surface area contributed by atoms with Gasteiger partial charge in [0, 0.05) is 67.5 Å². The standard InChI is InChI=1S/C23H24N8O/c1-30-14-17(12-27-30)20-10-16-11-21(29-23(32)15-2-6-25-7-3-15)28-22(19(16)13-26-20)31-8-4-18(24)5-9-31/h2-3,6-7,10-14,18H,4-5,8-9,24H2,1H3,(H,28,29,32). The van der Waals surface area contributed by atoms with Crippen molar-refractivity contribution in [1.29, 1.82) is 0 Å². The summed E-state index contributed by atoms with van der Waals surface area (Å²) in [5, 5.41) is 9.07. The molecule has 1 aliphatic heterocycles. The minimum Gasteiger partial charge on any atom is -0.356 e. The average Bonchev–Trinajstić information content (AvgIpc) is 3.25. The summed E-state index contributed by atoms with van der Waals surface area (Å²) in [6.07, 6.45) is 10.6. The van der Waals surface area contributed by atoms with Gasteiger partial charge in [-0.05, 0) is 42.5 Å². The van der Waals surface area contributed by atoms with Crippen LogP contribution in [0.2, 0.25) is 0 Å². The second-order valence-corrected chi connectivity index (χ2v) is 8.04. The van der Waals surface area contributed by atoms with Crippen molar-refractivity contribution in [2.75, 3.05) is 23.3 Å². The molecule has 4 aromatic heterocycles. The Labute approximate surface area is 185 Å². The van der Waals surface area contributed by atoms with E-state index < -0.39 is 0 Å². The summed E-state index contributed by atoms with van der Waals surface area (Å²) < 4.78 is 1.75. The molecule has 0 unspecified atom stereocenters. The van der Waals surface area contributed by atoms with Gasteiger partial charge >= 0.3 is 0 Å². The fourth-order valence-corrected chi connectivity index (χ4v) is 3.95. The summed E-state index contributed by atoms with van der Waals surface area (Å²) in [5.74, 6) is 1.07. The highest BCUT2D eigenvalue weighted by Crippen LogP contribution is 2.31. The van der Waals surface area contributed by atoms with Crippen LogP contribution in [-0.4, -0.2) is 49.8 Å². The molecule has 5 rings (SSSR count). The van der Waals surface area contributed by atoms with E-state index in [1.807, 2.05) is 31.6 Å². The van der Waals surface area contributed by atoms with Crippen molar-refractivity contribution >= 4 is 28.3 Å². The molecule has 0 bridgehead atoms. The van der Waals surface area contributed by atoms with E-state index in [0.717, 1.165) is 53.8 Å². The lowest BCUT2D eigenvalue weighted by Crippen LogP contribution is -2.40. The number of carbonyl (C=O) groups is 1. The van der Waals surface area contributed by atoms with Crippen LogP contribution in [0.1, 0.15) is 23.2 Å². The maximum atomic E-state index is 12.7. The normalized spacial score (nSPS) is 14.6. The van der Waals surface area contributed by atoms with Crippen molar-refractivity contribution in [3.8, 4) is 11.3 Å². The van der Waals surface area contributed by atoms with Crippen LogP contribution in [0.15, 0.2) is 55.2 Å². The van der Waals surface area contributed by atoms with E-state index in [1.165, 1.54) is 0 Å². The number of aromatic nitrogens is 5. The molecule has 0 saturated carbocycles. The lowest BCUT2D eigenvalue weighted by atomic mass is 10.0. The summed E-state index contributed by atoms with van der Waals surface area (Å²) >= 11 is 0. The molecule has 0 atom stereocenters. The first kappa shape index (κ1) is 20.1. The van der Waals surface area contributed by atoms with E-state index in [0.29, 0.717) is 11.4 Å². The Morgan fingerprint density at radius 1 is 1.16 bits per heavy atom. The Bertz CT molecular complexity index is 1260. The number of rotatable bonds is 4. The third-order valence-corrected chi connectivity index (χ3v) is 5.72. The molecular weight excluding hydrogens is 404 g/mol. The topological polar surface area (TPSA) is 115 Å². The van der Waals surface area contributed by atoms with Gasteiger partial charge in [-0.3, -0.25) is 19.4 Å². The minimum atomic E-state index is -0.229. The smallest absolute Gasteiger partial charge is 0.256 e. The maximum Gasteiger partial charge on any atom is 0.256 e. The fraction of sp³-hybridized carbons (Fsp3) is 0.261. The molecule has 1 fully saturated rings. The lowest BCUT2D eigenvalue weighted by Gasteiger charge is -2.32. The maximum absolute atomic E-state index is 12.7. The highest BCUT2D eigenvalue weighted by Gasteiger charge is 2.21. The van der Waals surface area contributed by atoms with Gasteiger partial charge in [0.1, 0.15) is 11.6 Å². The van der Waals surface area contributed by atoms with Crippen molar-refractivity contribution in [3.63, 3.8) is 0 Å². The predicted octanol–water partition coefficient (Wildman–Crippen LogP) is 2.61. The van der Waals surface area contributed by atoms with E-state index in [1.54, 1.807) is 35.4 Å². The molecule has 9 nitrogen and oxygen atoms in total. The monoisotopic (exact) mass is 428 g/mol. The van der Waals surface area contributed by atoms with Crippen LogP contribution in [0.5, 0.6) is 0 Å². The molecule has 0 aliphatic carbocycles. The molecule has 5 heterocycles. The van der Waals surface area contributed by atoms with Gasteiger partial charge in [-0.2, -0.15) is 5.10 Å². The summed E-state index contributed by atoms with van der Waals surface area (Å²) in [7, 11) is 1.88. The van der Waals surface area contributed by atoms with Crippen LogP contribution in [0.3, 0.4) is 0 Å². The molecule has 32 heavy (non-hydrogen) atoms. The first-order valence-electron chi connectivity index (χ1n) is 10.6. The van der Waals surface area contributed by atoms with Crippen LogP contribution in [-0.2, 0) is 7.05 Å². The largest absolute Gasteiger partial charge is 0.356 e. The Balaban J connectivity index is 1.57. The van der Waals surface area contributed by atoms with Gasteiger partial charge in [-0.25, -0.2) is 4.98 Å². The molecule has 0 spiro atoms. The van der Waals surface area contributed by atoms with Crippen molar-refractivity contribution in [3.05, 3.63) is 60.8 Å². The van der Waals surface area contributed by atoms with Gasteiger partial charge in [0.2, 0.25) is 0 Å². The zero-order valence-electron chi connectivity index (χ0n) is 17.8. The molecule has 3 N–H and O–H groups in total. The number of fused-ring (bicyclic) bond motifs is 1. The number of pyridine rings is 3. The Morgan fingerprint density at radius 3 is 2.66 bits per heavy atom. The van der Waals surface area contributed by atoms with Crippen LogP contribution in [0, 0.1) is 0 Å². The van der Waals surface area contributed by atoms with E-state index >= 15 is 0 Å². The number of hydrogen-bond acceptors (Lipinski definition) is 7. The molecule has 162 valence electrons. The number of anilines is 2. The van der Waals surface area contributed by atoms with Crippen LogP contribution < -0.4 is 16.0 Å². The van der Waals surface area contributed by atoms with Gasteiger partial charge in [0.05, 0.1) is 11.9 Å². The molecule has 9 heteroatoms. The molecular formula is C23H24N8O. The van der Waals surface area contributed by atoms with E-state index in [2.05, 4.69) is 25.3 Å².